The zero-order chi connectivity index (χ0) is 15.1. The van der Waals surface area contributed by atoms with Crippen LogP contribution in [0.2, 0.25) is 0 Å². The first-order chi connectivity index (χ1) is 9.43. The van der Waals surface area contributed by atoms with E-state index >= 15 is 0 Å². The van der Waals surface area contributed by atoms with Crippen LogP contribution < -0.4 is 10.6 Å². The van der Waals surface area contributed by atoms with Crippen LogP contribution in [0.5, 0.6) is 0 Å². The van der Waals surface area contributed by atoms with E-state index in [-0.39, 0.29) is 30.1 Å². The predicted octanol–water partition coefficient (Wildman–Crippen LogP) is 2.80. The number of nitrogens with one attached hydrogen (secondary N) is 2. The summed E-state index contributed by atoms with van der Waals surface area (Å²) in [5.74, 6) is -0.385. The fourth-order valence-corrected chi connectivity index (χ4v) is 1.92. The monoisotopic (exact) mass is 280 g/mol. The maximum atomic E-state index is 13.6. The molecule has 2 N–H and O–H groups in total. The minimum Gasteiger partial charge on any atom is -0.383 e. The third-order valence-electron chi connectivity index (χ3n) is 3.06. The topological polar surface area (TPSA) is 58.2 Å². The van der Waals surface area contributed by atoms with Crippen molar-refractivity contribution >= 4 is 18.0 Å². The van der Waals surface area contributed by atoms with Gasteiger partial charge in [-0.25, -0.2) is 4.39 Å². The molecule has 1 aromatic rings. The van der Waals surface area contributed by atoms with Gasteiger partial charge in [-0.15, -0.1) is 0 Å². The Bertz CT molecular complexity index is 475. The van der Waals surface area contributed by atoms with Gasteiger partial charge in [-0.05, 0) is 43.0 Å². The molecule has 0 saturated heterocycles. The molecule has 0 radical (unpaired) electrons. The first-order valence-electron chi connectivity index (χ1n) is 6.73. The lowest BCUT2D eigenvalue weighted by molar-refractivity contribution is -0.125. The maximum Gasteiger partial charge on any atom is 0.226 e. The van der Waals surface area contributed by atoms with Gasteiger partial charge in [0.1, 0.15) is 5.82 Å². The average Bonchev–Trinajstić information content (AvgIpc) is 2.39. The van der Waals surface area contributed by atoms with Gasteiger partial charge < -0.3 is 5.32 Å². The van der Waals surface area contributed by atoms with Crippen molar-refractivity contribution < 1.29 is 14.0 Å². The van der Waals surface area contributed by atoms with E-state index in [1.54, 1.807) is 12.1 Å². The van der Waals surface area contributed by atoms with Gasteiger partial charge >= 0.3 is 0 Å². The number of carbonyl (C=O) groups is 2. The Labute approximate surface area is 118 Å². The van der Waals surface area contributed by atoms with E-state index < -0.39 is 0 Å². The second-order valence-corrected chi connectivity index (χ2v) is 5.16. The molecule has 0 heterocycles. The molecule has 0 spiro atoms. The highest BCUT2D eigenvalue weighted by atomic mass is 19.1. The molecule has 0 bridgehead atoms. The lowest BCUT2D eigenvalue weighted by Crippen LogP contribution is -2.24. The molecule has 20 heavy (non-hydrogen) atoms. The normalized spacial score (nSPS) is 12.1. The van der Waals surface area contributed by atoms with E-state index in [0.29, 0.717) is 18.4 Å². The average molecular weight is 280 g/mol. The zero-order valence-corrected chi connectivity index (χ0v) is 12.1. The summed E-state index contributed by atoms with van der Waals surface area (Å²) >= 11 is 0. The summed E-state index contributed by atoms with van der Waals surface area (Å²) in [5, 5.41) is 5.33. The Morgan fingerprint density at radius 3 is 2.65 bits per heavy atom. The van der Waals surface area contributed by atoms with Crippen molar-refractivity contribution in [2.45, 2.75) is 45.6 Å². The molecule has 4 nitrogen and oxygen atoms in total. The number of hydrogen-bond donors (Lipinski definition) is 2. The Morgan fingerprint density at radius 1 is 1.35 bits per heavy atom. The quantitative estimate of drug-likeness (QED) is 0.755. The van der Waals surface area contributed by atoms with Gasteiger partial charge in [-0.2, -0.15) is 0 Å². The van der Waals surface area contributed by atoms with Crippen LogP contribution in [0.3, 0.4) is 0 Å². The van der Waals surface area contributed by atoms with Gasteiger partial charge in [0.25, 0.3) is 0 Å². The molecule has 1 aromatic carbocycles. The van der Waals surface area contributed by atoms with Crippen LogP contribution in [0.4, 0.5) is 10.1 Å². The van der Waals surface area contributed by atoms with Crippen LogP contribution in [-0.2, 0) is 9.59 Å². The third kappa shape index (κ3) is 4.99. The summed E-state index contributed by atoms with van der Waals surface area (Å²) in [6.07, 6.45) is 1.24. The molecule has 0 saturated carbocycles. The third-order valence-corrected chi connectivity index (χ3v) is 3.06. The van der Waals surface area contributed by atoms with E-state index in [1.165, 1.54) is 6.07 Å². The number of halogens is 1. The Morgan fingerprint density at radius 2 is 2.05 bits per heavy atom. The summed E-state index contributed by atoms with van der Waals surface area (Å²) in [4.78, 5) is 21.3. The minimum absolute atomic E-state index is 0.0536. The number of benzene rings is 1. The van der Waals surface area contributed by atoms with Crippen LogP contribution in [0, 0.1) is 5.82 Å². The van der Waals surface area contributed by atoms with E-state index in [0.717, 1.165) is 5.69 Å². The highest BCUT2D eigenvalue weighted by Gasteiger charge is 2.10. The molecule has 110 valence electrons. The molecule has 1 atom stereocenters. The first-order valence-corrected chi connectivity index (χ1v) is 6.73. The SMILES string of the molecule is CC(CCC(=O)NC=O)Nc1ccc(F)c(C(C)C)c1. The standard InChI is InChI=1S/C15H21FN2O2/c1-10(2)13-8-12(5-6-14(13)16)18-11(3)4-7-15(20)17-9-19/h5-6,8-11,18H,4,7H2,1-3H3,(H,17,19,20). The number of imide groups is 1. The highest BCUT2D eigenvalue weighted by Crippen LogP contribution is 2.23. The fraction of sp³-hybridized carbons (Fsp3) is 0.467. The summed E-state index contributed by atoms with van der Waals surface area (Å²) in [6, 6.07) is 4.98. The molecule has 1 unspecified atom stereocenters. The van der Waals surface area contributed by atoms with E-state index in [1.807, 2.05) is 20.8 Å². The van der Waals surface area contributed by atoms with Gasteiger partial charge in [-0.1, -0.05) is 13.8 Å². The molecule has 0 aromatic heterocycles. The molecule has 0 fully saturated rings. The molecule has 1 rings (SSSR count). The molecular formula is C15H21FN2O2. The molecule has 5 heteroatoms. The second-order valence-electron chi connectivity index (χ2n) is 5.16. The summed E-state index contributed by atoms with van der Waals surface area (Å²) in [5.41, 5.74) is 1.50. The van der Waals surface area contributed by atoms with Gasteiger partial charge in [0.15, 0.2) is 0 Å². The zero-order valence-electron chi connectivity index (χ0n) is 12.1. The van der Waals surface area contributed by atoms with Crippen molar-refractivity contribution in [3.63, 3.8) is 0 Å². The molecule has 0 aliphatic heterocycles. The van der Waals surface area contributed by atoms with Crippen LogP contribution >= 0.6 is 0 Å². The first kappa shape index (κ1) is 16.1. The van der Waals surface area contributed by atoms with Gasteiger partial charge in [0, 0.05) is 18.2 Å². The predicted molar refractivity (Wildman–Crippen MR) is 77.0 cm³/mol. The second kappa shape index (κ2) is 7.62. The molecular weight excluding hydrogens is 259 g/mol. The Hall–Kier alpha value is -1.91. The summed E-state index contributed by atoms with van der Waals surface area (Å²) in [6.45, 7) is 5.82. The Kier molecular flexibility index (Phi) is 6.15. The van der Waals surface area contributed by atoms with E-state index in [4.69, 9.17) is 0 Å². The van der Waals surface area contributed by atoms with Gasteiger partial charge in [0.2, 0.25) is 12.3 Å². The minimum atomic E-state index is -0.296. The van der Waals surface area contributed by atoms with Crippen molar-refractivity contribution in [2.75, 3.05) is 5.32 Å². The number of carbonyl (C=O) groups excluding carboxylic acids is 2. The van der Waals surface area contributed by atoms with Crippen molar-refractivity contribution in [2.24, 2.45) is 0 Å². The van der Waals surface area contributed by atoms with Crippen LogP contribution in [0.25, 0.3) is 0 Å². The van der Waals surface area contributed by atoms with Crippen molar-refractivity contribution in [1.82, 2.24) is 5.32 Å². The number of anilines is 1. The van der Waals surface area contributed by atoms with Crippen molar-refractivity contribution in [3.05, 3.63) is 29.6 Å². The fourth-order valence-electron chi connectivity index (χ4n) is 1.92. The van der Waals surface area contributed by atoms with Gasteiger partial charge in [0.05, 0.1) is 0 Å². The molecule has 0 aliphatic carbocycles. The summed E-state index contributed by atoms with van der Waals surface area (Å²) < 4.78 is 13.6. The van der Waals surface area contributed by atoms with Crippen molar-refractivity contribution in [3.8, 4) is 0 Å². The maximum absolute atomic E-state index is 13.6. The van der Waals surface area contributed by atoms with Crippen LogP contribution in [0.15, 0.2) is 18.2 Å². The summed E-state index contributed by atoms with van der Waals surface area (Å²) in [7, 11) is 0. The molecule has 2 amide bonds. The largest absolute Gasteiger partial charge is 0.383 e. The lowest BCUT2D eigenvalue weighted by atomic mass is 10.0. The Balaban J connectivity index is 2.57. The number of amides is 2. The van der Waals surface area contributed by atoms with E-state index in [9.17, 15) is 14.0 Å². The van der Waals surface area contributed by atoms with Crippen LogP contribution in [0.1, 0.15) is 45.1 Å². The number of rotatable bonds is 7. The van der Waals surface area contributed by atoms with Crippen LogP contribution in [-0.4, -0.2) is 18.4 Å². The lowest BCUT2D eigenvalue weighted by Gasteiger charge is -2.16. The highest BCUT2D eigenvalue weighted by molar-refractivity contribution is 5.85. The number of hydrogen-bond acceptors (Lipinski definition) is 3. The van der Waals surface area contributed by atoms with Crippen molar-refractivity contribution in [1.29, 1.82) is 0 Å². The van der Waals surface area contributed by atoms with Gasteiger partial charge in [-0.3, -0.25) is 14.9 Å². The molecule has 0 aliphatic rings. The smallest absolute Gasteiger partial charge is 0.226 e. The van der Waals surface area contributed by atoms with E-state index in [2.05, 4.69) is 10.6 Å².